The maximum absolute atomic E-state index is 12.4. The fourth-order valence-corrected chi connectivity index (χ4v) is 2.98. The van der Waals surface area contributed by atoms with Crippen molar-refractivity contribution in [2.24, 2.45) is 0 Å². The van der Waals surface area contributed by atoms with Crippen LogP contribution in [0.2, 0.25) is 4.47 Å². The molecule has 0 atom stereocenters. The Morgan fingerprint density at radius 1 is 1.44 bits per heavy atom. The van der Waals surface area contributed by atoms with Gasteiger partial charge in [0.2, 0.25) is 0 Å². The van der Waals surface area contributed by atoms with Crippen LogP contribution in [-0.4, -0.2) is 22.4 Å². The molecule has 92 valence electrons. The van der Waals surface area contributed by atoms with E-state index in [0.717, 1.165) is 24.2 Å². The Morgan fingerprint density at radius 2 is 2.33 bits per heavy atom. The van der Waals surface area contributed by atoms with E-state index in [4.69, 9.17) is 11.6 Å². The number of thiazole rings is 1. The van der Waals surface area contributed by atoms with Crippen molar-refractivity contribution in [2.75, 3.05) is 11.4 Å². The summed E-state index contributed by atoms with van der Waals surface area (Å²) in [7, 11) is 0. The SMILES string of the molecule is O=C(c1cnc(Cl)s1)N1CCCc2ncccc21. The topological polar surface area (TPSA) is 46.1 Å². The smallest absolute Gasteiger partial charge is 0.270 e. The highest BCUT2D eigenvalue weighted by Crippen LogP contribution is 2.28. The third kappa shape index (κ3) is 2.00. The molecule has 0 saturated heterocycles. The number of pyridine rings is 1. The Morgan fingerprint density at radius 3 is 3.11 bits per heavy atom. The van der Waals surface area contributed by atoms with E-state index >= 15 is 0 Å². The quantitative estimate of drug-likeness (QED) is 0.806. The molecule has 0 fully saturated rings. The molecule has 1 aliphatic rings. The van der Waals surface area contributed by atoms with Gasteiger partial charge in [-0.1, -0.05) is 22.9 Å². The van der Waals surface area contributed by atoms with Gasteiger partial charge in [0.15, 0.2) is 4.47 Å². The minimum absolute atomic E-state index is 0.0478. The second-order valence-electron chi connectivity index (χ2n) is 4.01. The number of nitrogens with zero attached hydrogens (tertiary/aromatic N) is 3. The van der Waals surface area contributed by atoms with Gasteiger partial charge in [-0.15, -0.1) is 0 Å². The zero-order valence-corrected chi connectivity index (χ0v) is 11.0. The van der Waals surface area contributed by atoms with Crippen LogP contribution >= 0.6 is 22.9 Å². The van der Waals surface area contributed by atoms with Gasteiger partial charge in [-0.2, -0.15) is 0 Å². The Balaban J connectivity index is 1.96. The van der Waals surface area contributed by atoms with Crippen molar-refractivity contribution >= 4 is 34.5 Å². The summed E-state index contributed by atoms with van der Waals surface area (Å²) in [5.41, 5.74) is 1.88. The first-order valence-corrected chi connectivity index (χ1v) is 6.82. The molecular weight excluding hydrogens is 270 g/mol. The second-order valence-corrected chi connectivity index (χ2v) is 5.62. The number of carbonyl (C=O) groups is 1. The van der Waals surface area contributed by atoms with Gasteiger partial charge in [0, 0.05) is 12.7 Å². The summed E-state index contributed by atoms with van der Waals surface area (Å²) >= 11 is 6.97. The number of aryl methyl sites for hydroxylation is 1. The maximum atomic E-state index is 12.4. The van der Waals surface area contributed by atoms with Gasteiger partial charge < -0.3 is 4.90 Å². The number of rotatable bonds is 1. The molecule has 4 nitrogen and oxygen atoms in total. The van der Waals surface area contributed by atoms with E-state index in [1.54, 1.807) is 11.1 Å². The van der Waals surface area contributed by atoms with E-state index < -0.39 is 0 Å². The summed E-state index contributed by atoms with van der Waals surface area (Å²) in [5, 5.41) is 0. The molecule has 0 unspecified atom stereocenters. The van der Waals surface area contributed by atoms with Gasteiger partial charge in [0.25, 0.3) is 5.91 Å². The molecule has 0 bridgehead atoms. The van der Waals surface area contributed by atoms with Crippen molar-refractivity contribution in [2.45, 2.75) is 12.8 Å². The minimum Gasteiger partial charge on any atom is -0.306 e. The number of carbonyl (C=O) groups excluding carboxylic acids is 1. The zero-order valence-electron chi connectivity index (χ0n) is 9.47. The molecule has 3 heterocycles. The average molecular weight is 280 g/mol. The summed E-state index contributed by atoms with van der Waals surface area (Å²) < 4.78 is 0.391. The molecule has 0 aliphatic carbocycles. The van der Waals surface area contributed by atoms with Gasteiger partial charge in [-0.25, -0.2) is 4.98 Å². The first kappa shape index (κ1) is 11.6. The summed E-state index contributed by atoms with van der Waals surface area (Å²) in [6.45, 7) is 0.715. The van der Waals surface area contributed by atoms with Crippen molar-refractivity contribution in [3.05, 3.63) is 39.6 Å². The van der Waals surface area contributed by atoms with E-state index in [9.17, 15) is 4.79 Å². The molecule has 0 aromatic carbocycles. The summed E-state index contributed by atoms with van der Waals surface area (Å²) in [6.07, 6.45) is 5.14. The van der Waals surface area contributed by atoms with Crippen molar-refractivity contribution < 1.29 is 4.79 Å². The van der Waals surface area contributed by atoms with Crippen molar-refractivity contribution in [1.82, 2.24) is 9.97 Å². The maximum Gasteiger partial charge on any atom is 0.270 e. The number of anilines is 1. The van der Waals surface area contributed by atoms with Crippen LogP contribution in [0.4, 0.5) is 5.69 Å². The molecule has 2 aromatic rings. The molecule has 0 radical (unpaired) electrons. The molecule has 0 spiro atoms. The molecule has 0 N–H and O–H groups in total. The lowest BCUT2D eigenvalue weighted by molar-refractivity contribution is 0.0988. The monoisotopic (exact) mass is 279 g/mol. The fraction of sp³-hybridized carbons (Fsp3) is 0.250. The highest BCUT2D eigenvalue weighted by atomic mass is 35.5. The third-order valence-electron chi connectivity index (χ3n) is 2.89. The van der Waals surface area contributed by atoms with Crippen LogP contribution in [0, 0.1) is 0 Å². The largest absolute Gasteiger partial charge is 0.306 e. The fourth-order valence-electron chi connectivity index (χ4n) is 2.09. The van der Waals surface area contributed by atoms with Gasteiger partial charge in [-0.05, 0) is 25.0 Å². The van der Waals surface area contributed by atoms with Crippen LogP contribution in [0.15, 0.2) is 24.5 Å². The van der Waals surface area contributed by atoms with Crippen molar-refractivity contribution in [1.29, 1.82) is 0 Å². The Bertz CT molecular complexity index is 599. The van der Waals surface area contributed by atoms with E-state index in [1.165, 1.54) is 17.5 Å². The van der Waals surface area contributed by atoms with Crippen LogP contribution < -0.4 is 4.90 Å². The molecule has 3 rings (SSSR count). The Labute approximate surface area is 113 Å². The van der Waals surface area contributed by atoms with Crippen LogP contribution in [0.3, 0.4) is 0 Å². The first-order chi connectivity index (χ1) is 8.75. The van der Waals surface area contributed by atoms with Crippen LogP contribution in [0.5, 0.6) is 0 Å². The van der Waals surface area contributed by atoms with E-state index in [2.05, 4.69) is 9.97 Å². The number of halogens is 1. The van der Waals surface area contributed by atoms with Gasteiger partial charge in [0.05, 0.1) is 17.6 Å². The lowest BCUT2D eigenvalue weighted by Gasteiger charge is -2.28. The Hall–Kier alpha value is -1.46. The van der Waals surface area contributed by atoms with Gasteiger partial charge in [0.1, 0.15) is 4.88 Å². The highest BCUT2D eigenvalue weighted by molar-refractivity contribution is 7.17. The van der Waals surface area contributed by atoms with Crippen molar-refractivity contribution in [3.63, 3.8) is 0 Å². The lowest BCUT2D eigenvalue weighted by atomic mass is 10.1. The highest BCUT2D eigenvalue weighted by Gasteiger charge is 2.25. The number of amides is 1. The number of fused-ring (bicyclic) bond motifs is 1. The van der Waals surface area contributed by atoms with Crippen LogP contribution in [-0.2, 0) is 6.42 Å². The van der Waals surface area contributed by atoms with Crippen molar-refractivity contribution in [3.8, 4) is 0 Å². The summed E-state index contributed by atoms with van der Waals surface area (Å²) in [6, 6.07) is 3.78. The number of hydrogen-bond donors (Lipinski definition) is 0. The van der Waals surface area contributed by atoms with Gasteiger partial charge in [-0.3, -0.25) is 9.78 Å². The zero-order chi connectivity index (χ0) is 12.5. The minimum atomic E-state index is -0.0478. The number of hydrogen-bond acceptors (Lipinski definition) is 4. The molecule has 18 heavy (non-hydrogen) atoms. The molecule has 1 amide bonds. The van der Waals surface area contributed by atoms with E-state index in [1.807, 2.05) is 12.1 Å². The molecule has 1 aliphatic heterocycles. The van der Waals surface area contributed by atoms with Gasteiger partial charge >= 0.3 is 0 Å². The first-order valence-electron chi connectivity index (χ1n) is 5.63. The standard InChI is InChI=1S/C12H10ClN3OS/c13-12-15-7-10(18-12)11(17)16-6-2-3-8-9(16)4-1-5-14-8/h1,4-5,7H,2-3,6H2. The average Bonchev–Trinajstić information content (AvgIpc) is 2.84. The predicted molar refractivity (Wildman–Crippen MR) is 71.4 cm³/mol. The molecule has 2 aromatic heterocycles. The van der Waals surface area contributed by atoms with Crippen LogP contribution in [0.25, 0.3) is 0 Å². The third-order valence-corrected chi connectivity index (χ3v) is 3.99. The van der Waals surface area contributed by atoms with E-state index in [0.29, 0.717) is 15.9 Å². The summed E-state index contributed by atoms with van der Waals surface area (Å²) in [4.78, 5) is 22.9. The normalized spacial score (nSPS) is 14.4. The molecule has 0 saturated carbocycles. The molecule has 6 heteroatoms. The second kappa shape index (κ2) is 4.66. The summed E-state index contributed by atoms with van der Waals surface area (Å²) in [5.74, 6) is -0.0478. The number of aromatic nitrogens is 2. The lowest BCUT2D eigenvalue weighted by Crippen LogP contribution is -2.35. The molecular formula is C12H10ClN3OS. The van der Waals surface area contributed by atoms with E-state index in [-0.39, 0.29) is 5.91 Å². The predicted octanol–water partition coefficient (Wildman–Crippen LogP) is 2.78. The van der Waals surface area contributed by atoms with Crippen LogP contribution in [0.1, 0.15) is 21.8 Å². The Kier molecular flexibility index (Phi) is 3.01.